The van der Waals surface area contributed by atoms with Crippen molar-refractivity contribution < 1.29 is 13.5 Å². The third-order valence-electron chi connectivity index (χ3n) is 4.09. The van der Waals surface area contributed by atoms with Crippen LogP contribution in [0, 0.1) is 0 Å². The molecule has 2 aliphatic heterocycles. The zero-order valence-corrected chi connectivity index (χ0v) is 11.5. The van der Waals surface area contributed by atoms with Crippen molar-refractivity contribution in [3.8, 4) is 0 Å². The number of rotatable bonds is 2. The molecular weight excluding hydrogens is 236 g/mol. The maximum absolute atomic E-state index is 12.1. The first-order valence-corrected chi connectivity index (χ1v) is 8.03. The lowest BCUT2D eigenvalue weighted by Crippen LogP contribution is -2.51. The number of hydrogen-bond donors (Lipinski definition) is 1. The summed E-state index contributed by atoms with van der Waals surface area (Å²) >= 11 is 0. The van der Waals surface area contributed by atoms with Gasteiger partial charge in [0.15, 0.2) is 9.84 Å². The maximum Gasteiger partial charge on any atom is 0.156 e. The van der Waals surface area contributed by atoms with Crippen molar-refractivity contribution in [2.75, 3.05) is 0 Å². The minimum atomic E-state index is -2.96. The molecule has 2 rings (SSSR count). The standard InChI is InChI=1S/C13H22O3S/c1-10(2)6-7-13(14)8-11-4-3-5-12(9-13)17(11,15)16/h6,11-12,14H,3-5,7-9H2,1-2H3. The van der Waals surface area contributed by atoms with Crippen LogP contribution >= 0.6 is 0 Å². The van der Waals surface area contributed by atoms with Crippen molar-refractivity contribution in [2.24, 2.45) is 0 Å². The maximum atomic E-state index is 12.1. The fourth-order valence-electron chi connectivity index (χ4n) is 3.10. The summed E-state index contributed by atoms with van der Waals surface area (Å²) in [5.74, 6) is 0. The summed E-state index contributed by atoms with van der Waals surface area (Å²) in [5, 5.41) is 9.95. The summed E-state index contributed by atoms with van der Waals surface area (Å²) in [7, 11) is -2.96. The van der Waals surface area contributed by atoms with E-state index in [-0.39, 0.29) is 10.5 Å². The van der Waals surface area contributed by atoms with Gasteiger partial charge in [-0.2, -0.15) is 0 Å². The molecule has 2 fully saturated rings. The molecule has 17 heavy (non-hydrogen) atoms. The summed E-state index contributed by atoms with van der Waals surface area (Å²) in [4.78, 5) is 0. The Balaban J connectivity index is 2.18. The first kappa shape index (κ1) is 13.1. The molecule has 0 aromatic rings. The second-order valence-electron chi connectivity index (χ2n) is 5.88. The summed E-state index contributed by atoms with van der Waals surface area (Å²) in [6.45, 7) is 4.01. The van der Waals surface area contributed by atoms with Crippen molar-refractivity contribution >= 4 is 9.84 Å². The Bertz CT molecular complexity index is 398. The van der Waals surface area contributed by atoms with Crippen LogP contribution in [0.2, 0.25) is 0 Å². The number of sulfone groups is 1. The predicted octanol–water partition coefficient (Wildman–Crippen LogP) is 2.20. The van der Waals surface area contributed by atoms with Gasteiger partial charge in [0.25, 0.3) is 0 Å². The Labute approximate surface area is 104 Å². The van der Waals surface area contributed by atoms with E-state index in [4.69, 9.17) is 0 Å². The van der Waals surface area contributed by atoms with E-state index in [1.165, 1.54) is 5.57 Å². The second-order valence-corrected chi connectivity index (χ2v) is 8.39. The summed E-state index contributed by atoms with van der Waals surface area (Å²) in [6, 6.07) is 0. The van der Waals surface area contributed by atoms with Gasteiger partial charge in [-0.15, -0.1) is 0 Å². The van der Waals surface area contributed by atoms with Crippen LogP contribution in [0.5, 0.6) is 0 Å². The molecule has 2 atom stereocenters. The third-order valence-corrected chi connectivity index (χ3v) is 6.75. The summed E-state index contributed by atoms with van der Waals surface area (Å²) < 4.78 is 24.2. The van der Waals surface area contributed by atoms with Crippen LogP contribution in [0.25, 0.3) is 0 Å². The van der Waals surface area contributed by atoms with Gasteiger partial charge in [-0.3, -0.25) is 0 Å². The molecule has 0 aromatic heterocycles. The lowest BCUT2D eigenvalue weighted by atomic mass is 9.83. The average molecular weight is 258 g/mol. The van der Waals surface area contributed by atoms with E-state index in [9.17, 15) is 13.5 Å². The van der Waals surface area contributed by atoms with E-state index in [1.54, 1.807) is 0 Å². The van der Waals surface area contributed by atoms with Crippen LogP contribution in [0.4, 0.5) is 0 Å². The number of aliphatic hydroxyl groups is 1. The van der Waals surface area contributed by atoms with E-state index in [0.29, 0.717) is 19.3 Å². The lowest BCUT2D eigenvalue weighted by molar-refractivity contribution is 0.0122. The van der Waals surface area contributed by atoms with Gasteiger partial charge in [0.1, 0.15) is 0 Å². The molecular formula is C13H22O3S. The van der Waals surface area contributed by atoms with Gasteiger partial charge in [0, 0.05) is 0 Å². The Morgan fingerprint density at radius 1 is 1.29 bits per heavy atom. The van der Waals surface area contributed by atoms with Crippen LogP contribution in [0.15, 0.2) is 11.6 Å². The lowest BCUT2D eigenvalue weighted by Gasteiger charge is -2.43. The fraction of sp³-hybridized carbons (Fsp3) is 0.846. The molecule has 2 bridgehead atoms. The number of hydrogen-bond acceptors (Lipinski definition) is 3. The first-order valence-electron chi connectivity index (χ1n) is 6.42. The molecule has 0 radical (unpaired) electrons. The van der Waals surface area contributed by atoms with Gasteiger partial charge in [0.05, 0.1) is 16.1 Å². The smallest absolute Gasteiger partial charge is 0.156 e. The highest BCUT2D eigenvalue weighted by atomic mass is 32.2. The third kappa shape index (κ3) is 2.58. The Hall–Kier alpha value is -0.350. The molecule has 0 amide bonds. The highest BCUT2D eigenvalue weighted by Gasteiger charge is 2.49. The molecule has 2 heterocycles. The fourth-order valence-corrected chi connectivity index (χ4v) is 5.72. The molecule has 0 aromatic carbocycles. The van der Waals surface area contributed by atoms with Crippen molar-refractivity contribution in [3.05, 3.63) is 11.6 Å². The molecule has 4 heteroatoms. The molecule has 0 aliphatic carbocycles. The highest BCUT2D eigenvalue weighted by Crippen LogP contribution is 2.42. The Morgan fingerprint density at radius 3 is 2.29 bits per heavy atom. The molecule has 1 N–H and O–H groups in total. The van der Waals surface area contributed by atoms with E-state index in [2.05, 4.69) is 0 Å². The topological polar surface area (TPSA) is 54.4 Å². The molecule has 2 saturated heterocycles. The molecule has 3 nitrogen and oxygen atoms in total. The normalized spacial score (nSPS) is 39.7. The SMILES string of the molecule is CC(C)=CCC1(O)CC2CCCC(C1)S2(=O)=O. The van der Waals surface area contributed by atoms with Crippen LogP contribution < -0.4 is 0 Å². The van der Waals surface area contributed by atoms with E-state index in [1.807, 2.05) is 19.9 Å². The van der Waals surface area contributed by atoms with Gasteiger partial charge in [-0.1, -0.05) is 18.1 Å². The van der Waals surface area contributed by atoms with Crippen LogP contribution in [-0.2, 0) is 9.84 Å². The van der Waals surface area contributed by atoms with E-state index in [0.717, 1.165) is 19.3 Å². The van der Waals surface area contributed by atoms with Gasteiger partial charge in [-0.05, 0) is 46.0 Å². The molecule has 0 spiro atoms. The zero-order valence-electron chi connectivity index (χ0n) is 10.6. The Kier molecular flexibility index (Phi) is 3.38. The minimum absolute atomic E-state index is 0.300. The van der Waals surface area contributed by atoms with Crippen molar-refractivity contribution in [1.29, 1.82) is 0 Å². The van der Waals surface area contributed by atoms with Gasteiger partial charge in [-0.25, -0.2) is 8.42 Å². The molecule has 2 aliphatic rings. The summed E-state index contributed by atoms with van der Waals surface area (Å²) in [5.41, 5.74) is 0.384. The highest BCUT2D eigenvalue weighted by molar-refractivity contribution is 7.92. The Morgan fingerprint density at radius 2 is 1.82 bits per heavy atom. The van der Waals surface area contributed by atoms with Crippen molar-refractivity contribution in [2.45, 2.75) is 68.5 Å². The van der Waals surface area contributed by atoms with Crippen molar-refractivity contribution in [3.63, 3.8) is 0 Å². The average Bonchev–Trinajstić information content (AvgIpc) is 2.18. The number of fused-ring (bicyclic) bond motifs is 2. The van der Waals surface area contributed by atoms with Crippen LogP contribution in [-0.4, -0.2) is 29.6 Å². The second kappa shape index (κ2) is 4.39. The van der Waals surface area contributed by atoms with Gasteiger partial charge in [0.2, 0.25) is 0 Å². The molecule has 0 saturated carbocycles. The van der Waals surface area contributed by atoms with Gasteiger partial charge < -0.3 is 5.11 Å². The van der Waals surface area contributed by atoms with E-state index < -0.39 is 15.4 Å². The zero-order chi connectivity index (χ0) is 12.7. The number of allylic oxidation sites excluding steroid dienone is 1. The largest absolute Gasteiger partial charge is 0.389 e. The first-order chi connectivity index (χ1) is 7.83. The quantitative estimate of drug-likeness (QED) is 0.773. The van der Waals surface area contributed by atoms with Crippen LogP contribution in [0.3, 0.4) is 0 Å². The molecule has 2 unspecified atom stereocenters. The minimum Gasteiger partial charge on any atom is -0.389 e. The van der Waals surface area contributed by atoms with Crippen LogP contribution in [0.1, 0.15) is 52.4 Å². The van der Waals surface area contributed by atoms with Crippen molar-refractivity contribution in [1.82, 2.24) is 0 Å². The monoisotopic (exact) mass is 258 g/mol. The summed E-state index contributed by atoms with van der Waals surface area (Å²) in [6.07, 6.45) is 5.93. The predicted molar refractivity (Wildman–Crippen MR) is 68.6 cm³/mol. The van der Waals surface area contributed by atoms with E-state index >= 15 is 0 Å². The van der Waals surface area contributed by atoms with Gasteiger partial charge >= 0.3 is 0 Å². The molecule has 98 valence electrons.